The zero-order valence-corrected chi connectivity index (χ0v) is 7.86. The summed E-state index contributed by atoms with van der Waals surface area (Å²) in [5.74, 6) is 0.325. The van der Waals surface area contributed by atoms with Crippen LogP contribution in [0.5, 0.6) is 0 Å². The summed E-state index contributed by atoms with van der Waals surface area (Å²) in [5.41, 5.74) is 1.03. The predicted molar refractivity (Wildman–Crippen MR) is 50.3 cm³/mol. The second-order valence-corrected chi connectivity index (χ2v) is 3.04. The van der Waals surface area contributed by atoms with Crippen molar-refractivity contribution in [2.45, 2.75) is 32.6 Å². The Labute approximate surface area is 78.2 Å². The highest BCUT2D eigenvalue weighted by Crippen LogP contribution is 2.02. The van der Waals surface area contributed by atoms with Crippen molar-refractivity contribution in [3.63, 3.8) is 0 Å². The minimum absolute atomic E-state index is 0.325. The van der Waals surface area contributed by atoms with E-state index in [4.69, 9.17) is 0 Å². The lowest BCUT2D eigenvalue weighted by Gasteiger charge is -1.98. The number of nitrogens with zero attached hydrogens (tertiary/aromatic N) is 2. The van der Waals surface area contributed by atoms with Crippen molar-refractivity contribution < 1.29 is 4.79 Å². The van der Waals surface area contributed by atoms with Gasteiger partial charge in [0.15, 0.2) is 0 Å². The molecule has 0 amide bonds. The lowest BCUT2D eigenvalue weighted by Crippen LogP contribution is -1.99. The number of carbonyl (C=O) groups excluding carboxylic acids is 1. The zero-order chi connectivity index (χ0) is 9.52. The van der Waals surface area contributed by atoms with Gasteiger partial charge in [-0.15, -0.1) is 0 Å². The van der Waals surface area contributed by atoms with Gasteiger partial charge in [0.2, 0.25) is 0 Å². The topological polar surface area (TPSA) is 42.9 Å². The van der Waals surface area contributed by atoms with E-state index in [1.165, 1.54) is 6.33 Å². The predicted octanol–water partition coefficient (Wildman–Crippen LogP) is 1.78. The molecule has 70 valence electrons. The number of hydrogen-bond acceptors (Lipinski definition) is 3. The lowest BCUT2D eigenvalue weighted by molar-refractivity contribution is -0.119. The first-order valence-corrected chi connectivity index (χ1v) is 4.58. The second-order valence-electron chi connectivity index (χ2n) is 3.04. The van der Waals surface area contributed by atoms with E-state index in [2.05, 4.69) is 9.97 Å². The molecule has 0 aliphatic heterocycles. The van der Waals surface area contributed by atoms with Crippen LogP contribution in [0.25, 0.3) is 0 Å². The molecule has 0 aliphatic rings. The Balaban J connectivity index is 2.31. The summed E-state index contributed by atoms with van der Waals surface area (Å²) in [4.78, 5) is 18.9. The Morgan fingerprint density at radius 2 is 2.00 bits per heavy atom. The van der Waals surface area contributed by atoms with Crippen molar-refractivity contribution in [2.75, 3.05) is 0 Å². The first-order valence-electron chi connectivity index (χ1n) is 4.58. The molecule has 0 fully saturated rings. The van der Waals surface area contributed by atoms with Gasteiger partial charge in [-0.25, -0.2) is 9.97 Å². The highest BCUT2D eigenvalue weighted by molar-refractivity contribution is 5.78. The first-order chi connectivity index (χ1) is 6.33. The fourth-order valence-electron chi connectivity index (χ4n) is 1.15. The van der Waals surface area contributed by atoms with Crippen molar-refractivity contribution in [1.82, 2.24) is 9.97 Å². The maximum Gasteiger partial charge on any atom is 0.133 e. The molecule has 13 heavy (non-hydrogen) atoms. The van der Waals surface area contributed by atoms with Gasteiger partial charge < -0.3 is 0 Å². The van der Waals surface area contributed by atoms with Gasteiger partial charge >= 0.3 is 0 Å². The lowest BCUT2D eigenvalue weighted by atomic mass is 10.1. The van der Waals surface area contributed by atoms with Gasteiger partial charge in [-0.05, 0) is 18.4 Å². The maximum absolute atomic E-state index is 11.2. The van der Waals surface area contributed by atoms with Crippen LogP contribution in [0, 0.1) is 0 Å². The molecular formula is C10H14N2O. The van der Waals surface area contributed by atoms with Gasteiger partial charge in [-0.1, -0.05) is 6.92 Å². The number of rotatable bonds is 5. The van der Waals surface area contributed by atoms with Gasteiger partial charge in [0.05, 0.1) is 0 Å². The molecule has 0 aliphatic carbocycles. The van der Waals surface area contributed by atoms with Crippen LogP contribution < -0.4 is 0 Å². The minimum Gasteiger partial charge on any atom is -0.300 e. The fourth-order valence-corrected chi connectivity index (χ4v) is 1.15. The number of carbonyl (C=O) groups is 1. The van der Waals surface area contributed by atoms with Crippen molar-refractivity contribution in [2.24, 2.45) is 0 Å². The summed E-state index contributed by atoms with van der Waals surface area (Å²) in [5, 5.41) is 0. The van der Waals surface area contributed by atoms with E-state index in [9.17, 15) is 4.79 Å². The number of Topliss-reactive ketones (excluding diaryl/α,β-unsaturated/α-hetero) is 1. The van der Waals surface area contributed by atoms with Crippen LogP contribution >= 0.6 is 0 Å². The fraction of sp³-hybridized carbons (Fsp3) is 0.500. The zero-order valence-electron chi connectivity index (χ0n) is 7.86. The van der Waals surface area contributed by atoms with Crippen LogP contribution in [-0.2, 0) is 11.2 Å². The van der Waals surface area contributed by atoms with Gasteiger partial charge in [-0.3, -0.25) is 4.79 Å². The van der Waals surface area contributed by atoms with E-state index in [0.29, 0.717) is 18.6 Å². The van der Waals surface area contributed by atoms with Crippen molar-refractivity contribution in [3.8, 4) is 0 Å². The summed E-state index contributed by atoms with van der Waals surface area (Å²) in [6, 6.07) is 0. The number of ketones is 1. The molecule has 1 rings (SSSR count). The van der Waals surface area contributed by atoms with Gasteiger partial charge in [0.1, 0.15) is 12.1 Å². The Kier molecular flexibility index (Phi) is 4.09. The minimum atomic E-state index is 0.325. The summed E-state index contributed by atoms with van der Waals surface area (Å²) in [6.07, 6.45) is 8.01. The molecule has 1 aromatic rings. The third-order valence-electron chi connectivity index (χ3n) is 1.84. The van der Waals surface area contributed by atoms with Crippen LogP contribution in [0.2, 0.25) is 0 Å². The number of aromatic nitrogens is 2. The second kappa shape index (κ2) is 5.41. The molecule has 0 atom stereocenters. The highest BCUT2D eigenvalue weighted by atomic mass is 16.1. The monoisotopic (exact) mass is 178 g/mol. The average Bonchev–Trinajstić information content (AvgIpc) is 2.17. The molecule has 0 saturated carbocycles. The molecule has 0 saturated heterocycles. The summed E-state index contributed by atoms with van der Waals surface area (Å²) >= 11 is 0. The Hall–Kier alpha value is -1.25. The third kappa shape index (κ3) is 3.78. The van der Waals surface area contributed by atoms with Gasteiger partial charge in [0, 0.05) is 25.2 Å². The quantitative estimate of drug-likeness (QED) is 0.690. The van der Waals surface area contributed by atoms with E-state index >= 15 is 0 Å². The third-order valence-corrected chi connectivity index (χ3v) is 1.84. The van der Waals surface area contributed by atoms with Gasteiger partial charge in [-0.2, -0.15) is 0 Å². The largest absolute Gasteiger partial charge is 0.300 e. The molecule has 1 aromatic heterocycles. The van der Waals surface area contributed by atoms with Crippen LogP contribution in [0.3, 0.4) is 0 Å². The van der Waals surface area contributed by atoms with Crippen LogP contribution in [0.15, 0.2) is 18.7 Å². The van der Waals surface area contributed by atoms with Crippen LogP contribution in [-0.4, -0.2) is 15.8 Å². The van der Waals surface area contributed by atoms with Crippen LogP contribution in [0.1, 0.15) is 31.7 Å². The number of hydrogen-bond donors (Lipinski definition) is 0. The van der Waals surface area contributed by atoms with Crippen molar-refractivity contribution >= 4 is 5.78 Å². The van der Waals surface area contributed by atoms with E-state index in [-0.39, 0.29) is 0 Å². The standard InChI is InChI=1S/C10H14N2O/c1-2-3-10(13)5-4-9-6-11-8-12-7-9/h6-8H,2-5H2,1H3. The van der Waals surface area contributed by atoms with E-state index in [0.717, 1.165) is 18.4 Å². The molecule has 3 nitrogen and oxygen atoms in total. The van der Waals surface area contributed by atoms with Gasteiger partial charge in [0.25, 0.3) is 0 Å². The summed E-state index contributed by atoms with van der Waals surface area (Å²) < 4.78 is 0. The Morgan fingerprint density at radius 3 is 2.62 bits per heavy atom. The van der Waals surface area contributed by atoms with E-state index < -0.39 is 0 Å². The maximum atomic E-state index is 11.2. The molecule has 0 unspecified atom stereocenters. The molecule has 0 N–H and O–H groups in total. The van der Waals surface area contributed by atoms with E-state index in [1.54, 1.807) is 12.4 Å². The summed E-state index contributed by atoms with van der Waals surface area (Å²) in [6.45, 7) is 2.02. The SMILES string of the molecule is CCCC(=O)CCc1cncnc1. The molecule has 3 heteroatoms. The molecule has 0 aromatic carbocycles. The first kappa shape index (κ1) is 9.84. The van der Waals surface area contributed by atoms with Crippen molar-refractivity contribution in [3.05, 3.63) is 24.3 Å². The normalized spacial score (nSPS) is 9.92. The van der Waals surface area contributed by atoms with E-state index in [1.807, 2.05) is 6.92 Å². The number of aryl methyl sites for hydroxylation is 1. The molecule has 1 heterocycles. The Morgan fingerprint density at radius 1 is 1.31 bits per heavy atom. The Bertz CT molecular complexity index is 259. The van der Waals surface area contributed by atoms with Crippen molar-refractivity contribution in [1.29, 1.82) is 0 Å². The van der Waals surface area contributed by atoms with Crippen LogP contribution in [0.4, 0.5) is 0 Å². The summed E-state index contributed by atoms with van der Waals surface area (Å²) in [7, 11) is 0. The molecular weight excluding hydrogens is 164 g/mol. The molecule has 0 bridgehead atoms. The smallest absolute Gasteiger partial charge is 0.133 e. The molecule has 0 radical (unpaired) electrons. The highest BCUT2D eigenvalue weighted by Gasteiger charge is 2.00. The average molecular weight is 178 g/mol. The molecule has 0 spiro atoms.